The molecule has 0 spiro atoms. The second-order valence-electron chi connectivity index (χ2n) is 10.3. The van der Waals surface area contributed by atoms with E-state index in [0.29, 0.717) is 12.2 Å². The molecule has 0 aliphatic heterocycles. The summed E-state index contributed by atoms with van der Waals surface area (Å²) < 4.78 is 52.2. The summed E-state index contributed by atoms with van der Waals surface area (Å²) in [5.41, 5.74) is 1.82. The van der Waals surface area contributed by atoms with Crippen molar-refractivity contribution >= 4 is 27.5 Å². The first-order chi connectivity index (χ1) is 22.2. The number of halogens is 1. The number of hydrogen-bond donors (Lipinski definition) is 3. The first-order valence-corrected chi connectivity index (χ1v) is 16.0. The minimum atomic E-state index is -3.96. The lowest BCUT2D eigenvalue weighted by Crippen LogP contribution is -2.51. The zero-order valence-corrected chi connectivity index (χ0v) is 26.1. The summed E-state index contributed by atoms with van der Waals surface area (Å²) in [4.78, 5) is 28.7. The molecule has 12 heteroatoms. The summed E-state index contributed by atoms with van der Waals surface area (Å²) in [6.45, 7) is -0.171. The second kappa shape index (κ2) is 16.4. The molecule has 0 radical (unpaired) electrons. The van der Waals surface area contributed by atoms with E-state index in [1.54, 1.807) is 19.2 Å². The standard InChI is InChI=1S/C34H36FN3O7S/c1-44-29-14-8-26(9-15-29)23-38(32(34(41)36-20-5-21-39)22-25-6-3-2-4-7-25)33(40)24-45-30-16-18-31(19-17-30)46(42,43)37-28-12-10-27(35)11-13-28/h2-4,6-19,32,37,39H,5,20-24H2,1H3,(H,36,41)/t32-/m0/s1. The van der Waals surface area contributed by atoms with E-state index in [4.69, 9.17) is 9.47 Å². The molecule has 0 aliphatic carbocycles. The van der Waals surface area contributed by atoms with E-state index < -0.39 is 34.4 Å². The molecule has 10 nitrogen and oxygen atoms in total. The summed E-state index contributed by atoms with van der Waals surface area (Å²) in [5, 5.41) is 12.0. The Morgan fingerprint density at radius 2 is 1.52 bits per heavy atom. The molecule has 2 amide bonds. The molecule has 4 aromatic carbocycles. The van der Waals surface area contributed by atoms with Crippen molar-refractivity contribution in [2.45, 2.75) is 30.3 Å². The summed E-state index contributed by atoms with van der Waals surface area (Å²) in [5.74, 6) is -0.447. The molecule has 4 aromatic rings. The highest BCUT2D eigenvalue weighted by molar-refractivity contribution is 7.92. The van der Waals surface area contributed by atoms with Crippen LogP contribution in [-0.4, -0.2) is 63.1 Å². The lowest BCUT2D eigenvalue weighted by molar-refractivity contribution is -0.142. The van der Waals surface area contributed by atoms with Gasteiger partial charge in [0.25, 0.3) is 15.9 Å². The first-order valence-electron chi connectivity index (χ1n) is 14.5. The van der Waals surface area contributed by atoms with Crippen LogP contribution in [0.15, 0.2) is 108 Å². The minimum absolute atomic E-state index is 0.0564. The van der Waals surface area contributed by atoms with Gasteiger partial charge in [-0.15, -0.1) is 0 Å². The van der Waals surface area contributed by atoms with E-state index in [1.807, 2.05) is 42.5 Å². The third-order valence-corrected chi connectivity index (χ3v) is 8.41. The largest absolute Gasteiger partial charge is 0.497 e. The van der Waals surface area contributed by atoms with Crippen molar-refractivity contribution in [3.63, 3.8) is 0 Å². The van der Waals surface area contributed by atoms with Crippen molar-refractivity contribution in [3.05, 3.63) is 120 Å². The predicted molar refractivity (Wildman–Crippen MR) is 171 cm³/mol. The SMILES string of the molecule is COc1ccc(CN(C(=O)COc2ccc(S(=O)(=O)Nc3ccc(F)cc3)cc2)[C@@H](Cc2ccccc2)C(=O)NCCCO)cc1. The van der Waals surface area contributed by atoms with Gasteiger partial charge in [0.1, 0.15) is 23.4 Å². The maximum absolute atomic E-state index is 13.8. The van der Waals surface area contributed by atoms with Crippen LogP contribution in [0, 0.1) is 5.82 Å². The van der Waals surface area contributed by atoms with Gasteiger partial charge in [-0.25, -0.2) is 12.8 Å². The zero-order chi connectivity index (χ0) is 32.9. The van der Waals surface area contributed by atoms with Crippen LogP contribution in [0.3, 0.4) is 0 Å². The van der Waals surface area contributed by atoms with Crippen LogP contribution in [0.1, 0.15) is 17.5 Å². The fourth-order valence-corrected chi connectivity index (χ4v) is 5.62. The fraction of sp³-hybridized carbons (Fsp3) is 0.235. The molecule has 0 saturated carbocycles. The van der Waals surface area contributed by atoms with Gasteiger partial charge in [-0.1, -0.05) is 42.5 Å². The number of methoxy groups -OCH3 is 1. The third-order valence-electron chi connectivity index (χ3n) is 7.01. The molecule has 0 aromatic heterocycles. The quantitative estimate of drug-likeness (QED) is 0.155. The highest BCUT2D eigenvalue weighted by atomic mass is 32.2. The van der Waals surface area contributed by atoms with Crippen molar-refractivity contribution < 1.29 is 37.0 Å². The van der Waals surface area contributed by atoms with Crippen LogP contribution in [0.25, 0.3) is 0 Å². The van der Waals surface area contributed by atoms with Crippen LogP contribution in [-0.2, 0) is 32.6 Å². The van der Waals surface area contributed by atoms with Crippen molar-refractivity contribution in [1.82, 2.24) is 10.2 Å². The monoisotopic (exact) mass is 649 g/mol. The number of rotatable bonds is 16. The zero-order valence-electron chi connectivity index (χ0n) is 25.3. The summed E-state index contributed by atoms with van der Waals surface area (Å²) in [6.07, 6.45) is 0.603. The molecule has 0 fully saturated rings. The molecule has 4 rings (SSSR count). The number of nitrogens with zero attached hydrogens (tertiary/aromatic N) is 1. The van der Waals surface area contributed by atoms with Crippen molar-refractivity contribution in [2.24, 2.45) is 0 Å². The fourth-order valence-electron chi connectivity index (χ4n) is 4.57. The maximum Gasteiger partial charge on any atom is 0.261 e. The Morgan fingerprint density at radius 1 is 0.870 bits per heavy atom. The summed E-state index contributed by atoms with van der Waals surface area (Å²) in [7, 11) is -2.41. The number of carbonyl (C=O) groups excluding carboxylic acids is 2. The Kier molecular flexibility index (Phi) is 12.1. The number of carbonyl (C=O) groups is 2. The van der Waals surface area contributed by atoms with Crippen LogP contribution < -0.4 is 19.5 Å². The van der Waals surface area contributed by atoms with E-state index in [2.05, 4.69) is 10.0 Å². The van der Waals surface area contributed by atoms with Gasteiger partial charge in [0.15, 0.2) is 6.61 Å². The third kappa shape index (κ3) is 9.78. The van der Waals surface area contributed by atoms with Crippen molar-refractivity contribution in [3.8, 4) is 11.5 Å². The van der Waals surface area contributed by atoms with Crippen LogP contribution >= 0.6 is 0 Å². The molecule has 0 aliphatic rings. The Hall–Kier alpha value is -4.94. The number of aliphatic hydroxyl groups excluding tert-OH is 1. The number of nitrogens with one attached hydrogen (secondary N) is 2. The Morgan fingerprint density at radius 3 is 2.15 bits per heavy atom. The predicted octanol–water partition coefficient (Wildman–Crippen LogP) is 4.15. The van der Waals surface area contributed by atoms with Crippen LogP contribution in [0.4, 0.5) is 10.1 Å². The van der Waals surface area contributed by atoms with Gasteiger partial charge in [-0.3, -0.25) is 14.3 Å². The van der Waals surface area contributed by atoms with Crippen LogP contribution in [0.2, 0.25) is 0 Å². The van der Waals surface area contributed by atoms with Crippen LogP contribution in [0.5, 0.6) is 11.5 Å². The summed E-state index contributed by atoms with van der Waals surface area (Å²) in [6, 6.07) is 26.0. The lowest BCUT2D eigenvalue weighted by Gasteiger charge is -2.31. The van der Waals surface area contributed by atoms with E-state index in [9.17, 15) is 27.5 Å². The van der Waals surface area contributed by atoms with E-state index >= 15 is 0 Å². The van der Waals surface area contributed by atoms with E-state index in [-0.39, 0.29) is 48.4 Å². The van der Waals surface area contributed by atoms with Gasteiger partial charge in [0.05, 0.1) is 12.0 Å². The highest BCUT2D eigenvalue weighted by Crippen LogP contribution is 2.21. The molecule has 242 valence electrons. The van der Waals surface area contributed by atoms with Gasteiger partial charge >= 0.3 is 0 Å². The minimum Gasteiger partial charge on any atom is -0.497 e. The van der Waals surface area contributed by atoms with Crippen molar-refractivity contribution in [2.75, 3.05) is 31.6 Å². The molecule has 1 atom stereocenters. The molecule has 0 unspecified atom stereocenters. The lowest BCUT2D eigenvalue weighted by atomic mass is 10.0. The molecule has 46 heavy (non-hydrogen) atoms. The van der Waals surface area contributed by atoms with E-state index in [0.717, 1.165) is 23.3 Å². The smallest absolute Gasteiger partial charge is 0.261 e. The number of ether oxygens (including phenoxy) is 2. The number of anilines is 1. The molecule has 0 saturated heterocycles. The Labute approximate surface area is 267 Å². The van der Waals surface area contributed by atoms with Crippen molar-refractivity contribution in [1.29, 1.82) is 0 Å². The van der Waals surface area contributed by atoms with Gasteiger partial charge in [0, 0.05) is 31.8 Å². The average Bonchev–Trinajstić information content (AvgIpc) is 3.07. The van der Waals surface area contributed by atoms with Gasteiger partial charge in [-0.05, 0) is 78.2 Å². The number of benzene rings is 4. The molecule has 3 N–H and O–H groups in total. The summed E-state index contributed by atoms with van der Waals surface area (Å²) >= 11 is 0. The van der Waals surface area contributed by atoms with E-state index in [1.165, 1.54) is 41.3 Å². The van der Waals surface area contributed by atoms with Gasteiger partial charge < -0.3 is 24.8 Å². The first kappa shape index (κ1) is 33.9. The molecular weight excluding hydrogens is 613 g/mol. The Balaban J connectivity index is 1.53. The highest BCUT2D eigenvalue weighted by Gasteiger charge is 2.30. The second-order valence-corrected chi connectivity index (χ2v) is 12.0. The normalized spacial score (nSPS) is 11.7. The molecule has 0 bridgehead atoms. The molecule has 0 heterocycles. The van der Waals surface area contributed by atoms with Gasteiger partial charge in [0.2, 0.25) is 5.91 Å². The number of aliphatic hydroxyl groups is 1. The number of hydrogen-bond acceptors (Lipinski definition) is 7. The molecular formula is C34H36FN3O7S. The number of amides is 2. The Bertz CT molecular complexity index is 1670. The number of sulfonamides is 1. The maximum atomic E-state index is 13.8. The average molecular weight is 650 g/mol. The van der Waals surface area contributed by atoms with Gasteiger partial charge in [-0.2, -0.15) is 0 Å². The topological polar surface area (TPSA) is 134 Å².